The van der Waals surface area contributed by atoms with E-state index >= 15 is 0 Å². The zero-order valence-electron chi connectivity index (χ0n) is 19.3. The molecule has 0 spiro atoms. The van der Waals surface area contributed by atoms with Crippen molar-refractivity contribution in [2.45, 2.75) is 57.4 Å². The zero-order chi connectivity index (χ0) is 23.6. The first kappa shape index (κ1) is 24.8. The first-order valence-electron chi connectivity index (χ1n) is 11.8. The number of fused-ring (bicyclic) bond motifs is 1. The number of nitrogens with one attached hydrogen (secondary N) is 1. The smallest absolute Gasteiger partial charge is 0.330 e. The van der Waals surface area contributed by atoms with Crippen molar-refractivity contribution in [1.29, 1.82) is 0 Å². The highest BCUT2D eigenvalue weighted by Gasteiger charge is 2.32. The van der Waals surface area contributed by atoms with E-state index in [9.17, 15) is 19.5 Å². The van der Waals surface area contributed by atoms with Gasteiger partial charge >= 0.3 is 5.97 Å². The quantitative estimate of drug-likeness (QED) is 0.396. The van der Waals surface area contributed by atoms with Crippen LogP contribution >= 0.6 is 0 Å². The molecular formula is C25H34N2O6. The highest BCUT2D eigenvalue weighted by Crippen LogP contribution is 2.26. The third-order valence-corrected chi connectivity index (χ3v) is 6.27. The van der Waals surface area contributed by atoms with E-state index in [1.54, 1.807) is 18.2 Å². The second kappa shape index (κ2) is 12.4. The molecule has 8 nitrogen and oxygen atoms in total. The number of amides is 1. The molecule has 1 amide bonds. The summed E-state index contributed by atoms with van der Waals surface area (Å²) in [7, 11) is 1.27. The maximum absolute atomic E-state index is 13.0. The maximum Gasteiger partial charge on any atom is 0.330 e. The van der Waals surface area contributed by atoms with Crippen LogP contribution in [0.4, 0.5) is 0 Å². The van der Waals surface area contributed by atoms with Crippen LogP contribution in [0.25, 0.3) is 10.9 Å². The second-order valence-electron chi connectivity index (χ2n) is 8.65. The average Bonchev–Trinajstić information content (AvgIpc) is 2.84. The number of methoxy groups -OCH3 is 1. The van der Waals surface area contributed by atoms with E-state index < -0.39 is 18.6 Å². The van der Waals surface area contributed by atoms with Crippen molar-refractivity contribution in [3.05, 3.63) is 40.7 Å². The number of nitrogens with zero attached hydrogens (tertiary/aromatic N) is 1. The number of aromatic amines is 1. The van der Waals surface area contributed by atoms with Crippen molar-refractivity contribution < 1.29 is 24.2 Å². The molecule has 8 heteroatoms. The number of aromatic nitrogens is 1. The van der Waals surface area contributed by atoms with Crippen LogP contribution in [0.5, 0.6) is 5.75 Å². The fourth-order valence-electron chi connectivity index (χ4n) is 4.42. The molecule has 0 radical (unpaired) electrons. The number of esters is 1. The molecular weight excluding hydrogens is 424 g/mol. The minimum atomic E-state index is -0.954. The third-order valence-electron chi connectivity index (χ3n) is 6.27. The number of carbonyl (C=O) groups is 2. The first-order chi connectivity index (χ1) is 16.0. The fourth-order valence-corrected chi connectivity index (χ4v) is 4.42. The summed E-state index contributed by atoms with van der Waals surface area (Å²) < 4.78 is 10.6. The van der Waals surface area contributed by atoms with Crippen LogP contribution in [0.3, 0.4) is 0 Å². The van der Waals surface area contributed by atoms with Gasteiger partial charge in [-0.15, -0.1) is 0 Å². The predicted octanol–water partition coefficient (Wildman–Crippen LogP) is 3.02. The van der Waals surface area contributed by atoms with Crippen LogP contribution in [-0.2, 0) is 14.3 Å². The molecule has 2 aromatic rings. The van der Waals surface area contributed by atoms with Gasteiger partial charge in [-0.05, 0) is 55.9 Å². The minimum absolute atomic E-state index is 0.139. The minimum Gasteiger partial charge on any atom is -0.494 e. The second-order valence-corrected chi connectivity index (χ2v) is 8.65. The number of pyridine rings is 1. The van der Waals surface area contributed by atoms with E-state index in [1.165, 1.54) is 24.5 Å². The Balaban J connectivity index is 1.50. The number of aliphatic hydroxyl groups is 1. The van der Waals surface area contributed by atoms with E-state index in [0.717, 1.165) is 36.6 Å². The molecule has 1 fully saturated rings. The molecule has 1 saturated carbocycles. The normalized spacial score (nSPS) is 15.2. The summed E-state index contributed by atoms with van der Waals surface area (Å²) in [6.45, 7) is 0.488. The molecule has 0 saturated heterocycles. The average molecular weight is 459 g/mol. The number of aliphatic hydroxyl groups excluding tert-OH is 1. The number of rotatable bonds is 11. The summed E-state index contributed by atoms with van der Waals surface area (Å²) in [6.07, 6.45) is 7.12. The van der Waals surface area contributed by atoms with Gasteiger partial charge in [0, 0.05) is 29.9 Å². The van der Waals surface area contributed by atoms with Gasteiger partial charge in [0.2, 0.25) is 11.5 Å². The Hall–Kier alpha value is -2.87. The van der Waals surface area contributed by atoms with E-state index in [4.69, 9.17) is 9.47 Å². The van der Waals surface area contributed by atoms with Crippen molar-refractivity contribution >= 4 is 22.8 Å². The van der Waals surface area contributed by atoms with Crippen molar-refractivity contribution in [1.82, 2.24) is 9.88 Å². The SMILES string of the molecule is COC(=O)C(CO)N(CC1CCCCC1)C(=O)CCCCOc1ccc2[nH]c(=O)ccc2c1. The molecule has 2 N–H and O–H groups in total. The summed E-state index contributed by atoms with van der Waals surface area (Å²) in [6, 6.07) is 7.75. The molecule has 1 aromatic carbocycles. The zero-order valence-corrected chi connectivity index (χ0v) is 19.3. The molecule has 1 atom stereocenters. The van der Waals surface area contributed by atoms with E-state index in [1.807, 2.05) is 6.07 Å². The molecule has 1 aliphatic rings. The van der Waals surface area contributed by atoms with E-state index in [2.05, 4.69) is 4.98 Å². The molecule has 1 aromatic heterocycles. The Morgan fingerprint density at radius 1 is 1.15 bits per heavy atom. The summed E-state index contributed by atoms with van der Waals surface area (Å²) in [4.78, 5) is 40.8. The highest BCUT2D eigenvalue weighted by molar-refractivity contribution is 5.84. The maximum atomic E-state index is 13.0. The number of benzene rings is 1. The summed E-state index contributed by atoms with van der Waals surface area (Å²) >= 11 is 0. The lowest BCUT2D eigenvalue weighted by Crippen LogP contribution is -2.50. The lowest BCUT2D eigenvalue weighted by atomic mass is 9.88. The Labute approximate surface area is 193 Å². The van der Waals surface area contributed by atoms with Gasteiger partial charge in [0.25, 0.3) is 0 Å². The molecule has 3 rings (SSSR count). The van der Waals surface area contributed by atoms with Crippen LogP contribution < -0.4 is 10.3 Å². The number of hydrogen-bond acceptors (Lipinski definition) is 6. The first-order valence-corrected chi connectivity index (χ1v) is 11.8. The largest absolute Gasteiger partial charge is 0.494 e. The van der Waals surface area contributed by atoms with Gasteiger partial charge in [0.1, 0.15) is 5.75 Å². The standard InChI is InChI=1S/C25H34N2O6/c1-32-25(31)22(17-28)27(16-18-7-3-2-4-8-18)24(30)9-5-6-14-33-20-11-12-21-19(15-20)10-13-23(29)26-21/h10-13,15,18,22,28H,2-9,14,16-17H2,1H3,(H,26,29). The molecule has 1 heterocycles. The third kappa shape index (κ3) is 7.05. The Kier molecular flexibility index (Phi) is 9.30. The van der Waals surface area contributed by atoms with Gasteiger partial charge in [-0.3, -0.25) is 9.59 Å². The molecule has 1 aliphatic carbocycles. The fraction of sp³-hybridized carbons (Fsp3) is 0.560. The van der Waals surface area contributed by atoms with Gasteiger partial charge in [-0.1, -0.05) is 19.3 Å². The van der Waals surface area contributed by atoms with Gasteiger partial charge in [-0.2, -0.15) is 0 Å². The molecule has 0 aliphatic heterocycles. The van der Waals surface area contributed by atoms with Gasteiger partial charge in [0.15, 0.2) is 6.04 Å². The summed E-state index contributed by atoms with van der Waals surface area (Å²) in [5.41, 5.74) is 0.608. The Morgan fingerprint density at radius 2 is 1.94 bits per heavy atom. The molecule has 0 bridgehead atoms. The predicted molar refractivity (Wildman–Crippen MR) is 125 cm³/mol. The van der Waals surface area contributed by atoms with Crippen molar-refractivity contribution in [3.8, 4) is 5.75 Å². The van der Waals surface area contributed by atoms with Crippen molar-refractivity contribution in [2.24, 2.45) is 5.92 Å². The monoisotopic (exact) mass is 458 g/mol. The van der Waals surface area contributed by atoms with Crippen LogP contribution in [0.1, 0.15) is 51.4 Å². The number of ether oxygens (including phenoxy) is 2. The lowest BCUT2D eigenvalue weighted by molar-refractivity contribution is -0.155. The molecule has 1 unspecified atom stereocenters. The van der Waals surface area contributed by atoms with Crippen molar-refractivity contribution in [2.75, 3.05) is 26.9 Å². The molecule has 180 valence electrons. The van der Waals surface area contributed by atoms with Crippen molar-refractivity contribution in [3.63, 3.8) is 0 Å². The highest BCUT2D eigenvalue weighted by atomic mass is 16.5. The summed E-state index contributed by atoms with van der Waals surface area (Å²) in [5.74, 6) is 0.334. The number of H-pyrrole nitrogens is 1. The van der Waals surface area contributed by atoms with Crippen LogP contribution in [0.2, 0.25) is 0 Å². The van der Waals surface area contributed by atoms with Gasteiger partial charge in [-0.25, -0.2) is 4.79 Å². The van der Waals surface area contributed by atoms with E-state index in [0.29, 0.717) is 37.7 Å². The number of carbonyl (C=O) groups excluding carboxylic acids is 2. The van der Waals surface area contributed by atoms with Gasteiger partial charge in [0.05, 0.1) is 20.3 Å². The Bertz CT molecular complexity index is 982. The topological polar surface area (TPSA) is 109 Å². The van der Waals surface area contributed by atoms with Crippen LogP contribution in [0, 0.1) is 5.92 Å². The number of unbranched alkanes of at least 4 members (excludes halogenated alkanes) is 1. The van der Waals surface area contributed by atoms with Gasteiger partial charge < -0.3 is 24.5 Å². The summed E-state index contributed by atoms with van der Waals surface area (Å²) in [5, 5.41) is 10.7. The van der Waals surface area contributed by atoms with Crippen LogP contribution in [0.15, 0.2) is 35.1 Å². The molecule has 33 heavy (non-hydrogen) atoms. The van der Waals surface area contributed by atoms with E-state index in [-0.39, 0.29) is 17.9 Å². The number of hydrogen-bond donors (Lipinski definition) is 2. The van der Waals surface area contributed by atoms with Crippen LogP contribution in [-0.4, -0.2) is 59.8 Å². The Morgan fingerprint density at radius 3 is 2.67 bits per heavy atom. The lowest BCUT2D eigenvalue weighted by Gasteiger charge is -2.33.